The second kappa shape index (κ2) is 4.25. The molecule has 1 aliphatic heterocycles. The molecule has 6 heteroatoms. The predicted octanol–water partition coefficient (Wildman–Crippen LogP) is 2.30. The van der Waals surface area contributed by atoms with Crippen LogP contribution in [-0.2, 0) is 9.59 Å². The number of imide groups is 1. The number of fused-ring (bicyclic) bond motifs is 5. The average Bonchev–Trinajstić information content (AvgIpc) is 3.11. The number of hydrogen-bond donors (Lipinski definition) is 0. The van der Waals surface area contributed by atoms with Crippen LogP contribution in [0.15, 0.2) is 35.9 Å². The van der Waals surface area contributed by atoms with E-state index in [0.29, 0.717) is 5.69 Å². The molecule has 1 saturated heterocycles. The van der Waals surface area contributed by atoms with Crippen molar-refractivity contribution in [2.45, 2.75) is 13.3 Å². The maximum atomic E-state index is 12.7. The number of hydrogen-bond acceptors (Lipinski definition) is 4. The molecule has 2 amide bonds. The number of anilines is 1. The van der Waals surface area contributed by atoms with E-state index in [1.807, 2.05) is 6.92 Å². The van der Waals surface area contributed by atoms with Crippen LogP contribution in [0.2, 0.25) is 0 Å². The summed E-state index contributed by atoms with van der Waals surface area (Å²) in [5, 5.41) is 10.7. The van der Waals surface area contributed by atoms with E-state index in [0.717, 1.165) is 6.42 Å². The molecule has 1 aromatic rings. The molecule has 1 aromatic carbocycles. The molecule has 22 heavy (non-hydrogen) atoms. The Balaban J connectivity index is 1.69. The van der Waals surface area contributed by atoms with Gasteiger partial charge in [0.1, 0.15) is 0 Å². The minimum Gasteiger partial charge on any atom is -0.274 e. The molecule has 4 rings (SSSR count). The van der Waals surface area contributed by atoms with Gasteiger partial charge in [-0.1, -0.05) is 11.6 Å². The first kappa shape index (κ1) is 13.2. The lowest BCUT2D eigenvalue weighted by molar-refractivity contribution is -0.384. The molecule has 0 radical (unpaired) electrons. The van der Waals surface area contributed by atoms with Gasteiger partial charge in [-0.25, -0.2) is 0 Å². The highest BCUT2D eigenvalue weighted by molar-refractivity contribution is 6.22. The van der Waals surface area contributed by atoms with Gasteiger partial charge in [0.05, 0.1) is 22.4 Å². The van der Waals surface area contributed by atoms with Gasteiger partial charge in [-0.15, -0.1) is 0 Å². The zero-order chi connectivity index (χ0) is 15.6. The van der Waals surface area contributed by atoms with Crippen LogP contribution >= 0.6 is 0 Å². The molecule has 2 aliphatic carbocycles. The van der Waals surface area contributed by atoms with Crippen molar-refractivity contribution in [2.24, 2.45) is 23.7 Å². The Morgan fingerprint density at radius 2 is 1.77 bits per heavy atom. The van der Waals surface area contributed by atoms with Gasteiger partial charge in [-0.2, -0.15) is 0 Å². The molecule has 2 bridgehead atoms. The lowest BCUT2D eigenvalue weighted by Crippen LogP contribution is -2.32. The monoisotopic (exact) mass is 298 g/mol. The second-order valence-corrected chi connectivity index (χ2v) is 6.25. The number of nitro groups is 1. The van der Waals surface area contributed by atoms with Crippen LogP contribution < -0.4 is 4.90 Å². The highest BCUT2D eigenvalue weighted by Crippen LogP contribution is 2.55. The lowest BCUT2D eigenvalue weighted by atomic mass is 9.82. The van der Waals surface area contributed by atoms with Crippen LogP contribution in [0.3, 0.4) is 0 Å². The van der Waals surface area contributed by atoms with Crippen LogP contribution in [0.25, 0.3) is 0 Å². The number of non-ortho nitro benzene ring substituents is 1. The minimum atomic E-state index is -0.500. The predicted molar refractivity (Wildman–Crippen MR) is 77.9 cm³/mol. The summed E-state index contributed by atoms with van der Waals surface area (Å²) in [6.45, 7) is 2.02. The van der Waals surface area contributed by atoms with Gasteiger partial charge in [0, 0.05) is 12.1 Å². The molecule has 3 aliphatic rings. The summed E-state index contributed by atoms with van der Waals surface area (Å²) in [6, 6.07) is 5.58. The van der Waals surface area contributed by atoms with Crippen molar-refractivity contribution < 1.29 is 14.5 Å². The first-order valence-electron chi connectivity index (χ1n) is 7.29. The van der Waals surface area contributed by atoms with Gasteiger partial charge in [-0.05, 0) is 37.3 Å². The number of nitrogens with zero attached hydrogens (tertiary/aromatic N) is 2. The first-order chi connectivity index (χ1) is 10.5. The molecule has 0 N–H and O–H groups in total. The third-order valence-corrected chi connectivity index (χ3v) is 5.20. The topological polar surface area (TPSA) is 80.5 Å². The van der Waals surface area contributed by atoms with Crippen LogP contribution in [-0.4, -0.2) is 16.7 Å². The fourth-order valence-corrected chi connectivity index (χ4v) is 4.25. The Hall–Kier alpha value is -2.50. The highest BCUT2D eigenvalue weighted by atomic mass is 16.6. The van der Waals surface area contributed by atoms with Crippen molar-refractivity contribution in [1.82, 2.24) is 0 Å². The molecule has 6 nitrogen and oxygen atoms in total. The summed E-state index contributed by atoms with van der Waals surface area (Å²) in [5.74, 6) is -0.498. The number of amides is 2. The van der Waals surface area contributed by atoms with E-state index < -0.39 is 4.92 Å². The molecular weight excluding hydrogens is 284 g/mol. The zero-order valence-corrected chi connectivity index (χ0v) is 11.9. The summed E-state index contributed by atoms with van der Waals surface area (Å²) in [7, 11) is 0. The summed E-state index contributed by atoms with van der Waals surface area (Å²) >= 11 is 0. The van der Waals surface area contributed by atoms with Crippen LogP contribution in [0, 0.1) is 33.8 Å². The summed E-state index contributed by atoms with van der Waals surface area (Å²) in [5.41, 5.74) is 1.57. The fraction of sp³-hybridized carbons (Fsp3) is 0.375. The van der Waals surface area contributed by atoms with Gasteiger partial charge in [-0.3, -0.25) is 24.6 Å². The SMILES string of the molecule is CC1=C[C@H]2C[C@H]1[C@H]1C(=O)N(c3ccc([N+](=O)[O-])cc3)C(=O)[C@@H]12. The van der Waals surface area contributed by atoms with Crippen molar-refractivity contribution in [3.8, 4) is 0 Å². The molecule has 0 spiro atoms. The Bertz CT molecular complexity index is 737. The van der Waals surface area contributed by atoms with Crippen molar-refractivity contribution in [1.29, 1.82) is 0 Å². The van der Waals surface area contributed by atoms with E-state index in [1.165, 1.54) is 34.7 Å². The molecule has 4 atom stereocenters. The Morgan fingerprint density at radius 1 is 1.14 bits per heavy atom. The first-order valence-corrected chi connectivity index (χ1v) is 7.29. The number of rotatable bonds is 2. The number of nitro benzene ring substituents is 1. The average molecular weight is 298 g/mol. The highest BCUT2D eigenvalue weighted by Gasteiger charge is 2.60. The Morgan fingerprint density at radius 3 is 2.41 bits per heavy atom. The maximum absolute atomic E-state index is 12.7. The summed E-state index contributed by atoms with van der Waals surface area (Å²) < 4.78 is 0. The molecule has 1 heterocycles. The van der Waals surface area contributed by atoms with Gasteiger partial charge in [0.2, 0.25) is 11.8 Å². The molecule has 112 valence electrons. The van der Waals surface area contributed by atoms with Gasteiger partial charge >= 0.3 is 0 Å². The van der Waals surface area contributed by atoms with E-state index in [2.05, 4.69) is 6.08 Å². The van der Waals surface area contributed by atoms with Crippen molar-refractivity contribution >= 4 is 23.2 Å². The normalized spacial score (nSPS) is 32.4. The Kier molecular flexibility index (Phi) is 2.55. The van der Waals surface area contributed by atoms with E-state index in [4.69, 9.17) is 0 Å². The van der Waals surface area contributed by atoms with Gasteiger partial charge in [0.15, 0.2) is 0 Å². The second-order valence-electron chi connectivity index (χ2n) is 6.25. The number of carbonyl (C=O) groups excluding carboxylic acids is 2. The van der Waals surface area contributed by atoms with Crippen LogP contribution in [0.5, 0.6) is 0 Å². The fourth-order valence-electron chi connectivity index (χ4n) is 4.25. The zero-order valence-electron chi connectivity index (χ0n) is 11.9. The van der Waals surface area contributed by atoms with Gasteiger partial charge < -0.3 is 0 Å². The van der Waals surface area contributed by atoms with Crippen LogP contribution in [0.1, 0.15) is 13.3 Å². The smallest absolute Gasteiger partial charge is 0.269 e. The van der Waals surface area contributed by atoms with E-state index in [-0.39, 0.29) is 41.2 Å². The number of allylic oxidation sites excluding steroid dienone is 2. The summed E-state index contributed by atoms with van der Waals surface area (Å²) in [6.07, 6.45) is 3.02. The lowest BCUT2D eigenvalue weighted by Gasteiger charge is -2.19. The molecule has 0 unspecified atom stereocenters. The van der Waals surface area contributed by atoms with Gasteiger partial charge in [0.25, 0.3) is 5.69 Å². The van der Waals surface area contributed by atoms with Crippen molar-refractivity contribution in [3.63, 3.8) is 0 Å². The largest absolute Gasteiger partial charge is 0.274 e. The van der Waals surface area contributed by atoms with E-state index in [1.54, 1.807) is 0 Å². The Labute approximate surface area is 126 Å². The van der Waals surface area contributed by atoms with E-state index in [9.17, 15) is 19.7 Å². The molecular formula is C16H14N2O4. The van der Waals surface area contributed by atoms with E-state index >= 15 is 0 Å². The summed E-state index contributed by atoms with van der Waals surface area (Å²) in [4.78, 5) is 36.8. The number of benzene rings is 1. The van der Waals surface area contributed by atoms with Crippen LogP contribution in [0.4, 0.5) is 11.4 Å². The maximum Gasteiger partial charge on any atom is 0.269 e. The molecule has 2 fully saturated rings. The van der Waals surface area contributed by atoms with Crippen molar-refractivity contribution in [2.75, 3.05) is 4.90 Å². The van der Waals surface area contributed by atoms with Crippen molar-refractivity contribution in [3.05, 3.63) is 46.0 Å². The molecule has 0 aromatic heterocycles. The quantitative estimate of drug-likeness (QED) is 0.363. The third-order valence-electron chi connectivity index (χ3n) is 5.20. The standard InChI is InChI=1S/C16H14N2O4/c1-8-6-9-7-12(8)14-13(9)15(19)17(16(14)20)10-2-4-11(5-3-10)18(21)22/h2-6,9,12-14H,7H2,1H3/t9-,12+,13+,14+/m0/s1. The minimum absolute atomic E-state index is 0.0550. The third kappa shape index (κ3) is 1.55. The number of carbonyl (C=O) groups is 2. The molecule has 1 saturated carbocycles.